The Bertz CT molecular complexity index is 339. The molecule has 0 radical (unpaired) electrons. The van der Waals surface area contributed by atoms with Gasteiger partial charge in [0, 0.05) is 5.92 Å². The molecule has 0 aliphatic heterocycles. The number of hydrogen-bond donors (Lipinski definition) is 0. The SMILES string of the molecule is ClCc1nnc(C2CC3CCC2C3)o1. The van der Waals surface area contributed by atoms with Gasteiger partial charge in [0.2, 0.25) is 11.8 Å². The van der Waals surface area contributed by atoms with Crippen molar-refractivity contribution in [3.8, 4) is 0 Å². The molecule has 0 amide bonds. The zero-order valence-corrected chi connectivity index (χ0v) is 8.70. The summed E-state index contributed by atoms with van der Waals surface area (Å²) in [6, 6.07) is 0. The number of alkyl halides is 1. The van der Waals surface area contributed by atoms with Gasteiger partial charge in [0.25, 0.3) is 0 Å². The Morgan fingerprint density at radius 2 is 2.21 bits per heavy atom. The molecule has 2 bridgehead atoms. The van der Waals surface area contributed by atoms with Crippen LogP contribution in [0.25, 0.3) is 0 Å². The zero-order chi connectivity index (χ0) is 9.54. The average Bonchev–Trinajstić information content (AvgIpc) is 2.93. The van der Waals surface area contributed by atoms with Crippen LogP contribution in [0.2, 0.25) is 0 Å². The van der Waals surface area contributed by atoms with E-state index in [1.54, 1.807) is 0 Å². The molecule has 0 saturated heterocycles. The Labute approximate surface area is 87.8 Å². The highest BCUT2D eigenvalue weighted by Gasteiger charge is 2.42. The van der Waals surface area contributed by atoms with Gasteiger partial charge in [-0.15, -0.1) is 21.8 Å². The lowest BCUT2D eigenvalue weighted by Crippen LogP contribution is -2.08. The molecule has 76 valence electrons. The lowest BCUT2D eigenvalue weighted by atomic mass is 9.89. The zero-order valence-electron chi connectivity index (χ0n) is 7.95. The summed E-state index contributed by atoms with van der Waals surface area (Å²) in [4.78, 5) is 0. The van der Waals surface area contributed by atoms with E-state index >= 15 is 0 Å². The van der Waals surface area contributed by atoms with Crippen molar-refractivity contribution < 1.29 is 4.42 Å². The molecule has 3 rings (SSSR count). The molecule has 0 aromatic carbocycles. The van der Waals surface area contributed by atoms with Crippen LogP contribution in [0.5, 0.6) is 0 Å². The first kappa shape index (κ1) is 8.72. The topological polar surface area (TPSA) is 38.9 Å². The predicted octanol–water partition coefficient (Wildman–Crippen LogP) is 2.71. The molecule has 1 aromatic heterocycles. The third kappa shape index (κ3) is 1.26. The fourth-order valence-corrected chi connectivity index (χ4v) is 3.13. The Kier molecular flexibility index (Phi) is 2.01. The molecular formula is C10H13ClN2O. The highest BCUT2D eigenvalue weighted by Crippen LogP contribution is 2.52. The van der Waals surface area contributed by atoms with Gasteiger partial charge in [0.1, 0.15) is 5.88 Å². The van der Waals surface area contributed by atoms with Crippen molar-refractivity contribution in [3.05, 3.63) is 11.8 Å². The Morgan fingerprint density at radius 1 is 1.29 bits per heavy atom. The van der Waals surface area contributed by atoms with Crippen LogP contribution >= 0.6 is 11.6 Å². The second-order valence-corrected chi connectivity index (χ2v) is 4.72. The van der Waals surface area contributed by atoms with Crippen LogP contribution in [-0.2, 0) is 5.88 Å². The second-order valence-electron chi connectivity index (χ2n) is 4.45. The van der Waals surface area contributed by atoms with Crippen molar-refractivity contribution in [2.24, 2.45) is 11.8 Å². The first-order valence-corrected chi connectivity index (χ1v) is 5.78. The molecule has 2 fully saturated rings. The van der Waals surface area contributed by atoms with E-state index in [0.717, 1.165) is 17.7 Å². The quantitative estimate of drug-likeness (QED) is 0.708. The number of halogens is 1. The van der Waals surface area contributed by atoms with Crippen molar-refractivity contribution >= 4 is 11.6 Å². The van der Waals surface area contributed by atoms with Gasteiger partial charge in [-0.3, -0.25) is 0 Å². The summed E-state index contributed by atoms with van der Waals surface area (Å²) < 4.78 is 5.52. The van der Waals surface area contributed by atoms with Gasteiger partial charge >= 0.3 is 0 Å². The summed E-state index contributed by atoms with van der Waals surface area (Å²) in [6.07, 6.45) is 5.35. The van der Waals surface area contributed by atoms with E-state index in [1.165, 1.54) is 25.7 Å². The van der Waals surface area contributed by atoms with Crippen LogP contribution in [0.4, 0.5) is 0 Å². The molecule has 4 heteroatoms. The first-order valence-electron chi connectivity index (χ1n) is 5.25. The molecule has 1 heterocycles. The van der Waals surface area contributed by atoms with E-state index in [-0.39, 0.29) is 0 Å². The molecule has 3 atom stereocenters. The fourth-order valence-electron chi connectivity index (χ4n) is 3.02. The number of nitrogens with zero attached hydrogens (tertiary/aromatic N) is 2. The summed E-state index contributed by atoms with van der Waals surface area (Å²) in [5, 5.41) is 8.00. The minimum atomic E-state index is 0.327. The Morgan fingerprint density at radius 3 is 2.79 bits per heavy atom. The minimum absolute atomic E-state index is 0.327. The molecule has 0 spiro atoms. The predicted molar refractivity (Wildman–Crippen MR) is 52.0 cm³/mol. The second kappa shape index (κ2) is 3.23. The summed E-state index contributed by atoms with van der Waals surface area (Å²) in [5.41, 5.74) is 0. The van der Waals surface area contributed by atoms with Gasteiger partial charge in [-0.2, -0.15) is 0 Å². The standard InChI is InChI=1S/C10H13ClN2O/c11-5-9-12-13-10(14-9)8-4-6-1-2-7(8)3-6/h6-8H,1-5H2. The monoisotopic (exact) mass is 212 g/mol. The van der Waals surface area contributed by atoms with Crippen molar-refractivity contribution in [2.45, 2.75) is 37.5 Å². The summed E-state index contributed by atoms with van der Waals surface area (Å²) in [5.74, 6) is 3.95. The molecule has 14 heavy (non-hydrogen) atoms. The molecule has 0 N–H and O–H groups in total. The minimum Gasteiger partial charge on any atom is -0.424 e. The number of aromatic nitrogens is 2. The lowest BCUT2D eigenvalue weighted by Gasteiger charge is -2.17. The molecule has 2 saturated carbocycles. The van der Waals surface area contributed by atoms with Gasteiger partial charge in [-0.25, -0.2) is 0 Å². The third-order valence-corrected chi connectivity index (χ3v) is 3.88. The Hall–Kier alpha value is -0.570. The molecule has 3 nitrogen and oxygen atoms in total. The van der Waals surface area contributed by atoms with E-state index < -0.39 is 0 Å². The van der Waals surface area contributed by atoms with Crippen molar-refractivity contribution in [2.75, 3.05) is 0 Å². The molecule has 2 aliphatic rings. The maximum Gasteiger partial charge on any atom is 0.231 e. The number of rotatable bonds is 2. The van der Waals surface area contributed by atoms with Crippen LogP contribution < -0.4 is 0 Å². The third-order valence-electron chi connectivity index (χ3n) is 3.65. The largest absolute Gasteiger partial charge is 0.424 e. The van der Waals surface area contributed by atoms with E-state index in [2.05, 4.69) is 10.2 Å². The van der Waals surface area contributed by atoms with E-state index in [4.69, 9.17) is 16.0 Å². The van der Waals surface area contributed by atoms with E-state index in [0.29, 0.717) is 17.7 Å². The summed E-state index contributed by atoms with van der Waals surface area (Å²) >= 11 is 5.63. The Balaban J connectivity index is 1.82. The first-order chi connectivity index (χ1) is 6.86. The van der Waals surface area contributed by atoms with Crippen molar-refractivity contribution in [1.29, 1.82) is 0 Å². The number of hydrogen-bond acceptors (Lipinski definition) is 3. The van der Waals surface area contributed by atoms with Gasteiger partial charge in [0.15, 0.2) is 0 Å². The highest BCUT2D eigenvalue weighted by atomic mass is 35.5. The van der Waals surface area contributed by atoms with Crippen LogP contribution in [0.1, 0.15) is 43.4 Å². The molecule has 2 aliphatic carbocycles. The van der Waals surface area contributed by atoms with E-state index in [1.807, 2.05) is 0 Å². The van der Waals surface area contributed by atoms with Crippen LogP contribution in [0.3, 0.4) is 0 Å². The smallest absolute Gasteiger partial charge is 0.231 e. The lowest BCUT2D eigenvalue weighted by molar-refractivity contribution is 0.338. The fraction of sp³-hybridized carbons (Fsp3) is 0.800. The van der Waals surface area contributed by atoms with Crippen LogP contribution in [0.15, 0.2) is 4.42 Å². The van der Waals surface area contributed by atoms with Gasteiger partial charge < -0.3 is 4.42 Å². The van der Waals surface area contributed by atoms with Crippen molar-refractivity contribution in [1.82, 2.24) is 10.2 Å². The number of fused-ring (bicyclic) bond motifs is 2. The van der Waals surface area contributed by atoms with Crippen LogP contribution in [0, 0.1) is 11.8 Å². The normalized spacial score (nSPS) is 35.4. The molecular weight excluding hydrogens is 200 g/mol. The average molecular weight is 213 g/mol. The van der Waals surface area contributed by atoms with Gasteiger partial charge in [0.05, 0.1) is 0 Å². The van der Waals surface area contributed by atoms with Gasteiger partial charge in [-0.1, -0.05) is 6.42 Å². The summed E-state index contributed by atoms with van der Waals surface area (Å²) in [6.45, 7) is 0. The van der Waals surface area contributed by atoms with E-state index in [9.17, 15) is 0 Å². The highest BCUT2D eigenvalue weighted by molar-refractivity contribution is 6.16. The molecule has 3 unspecified atom stereocenters. The van der Waals surface area contributed by atoms with Gasteiger partial charge in [-0.05, 0) is 31.1 Å². The molecule has 1 aromatic rings. The maximum absolute atomic E-state index is 5.63. The van der Waals surface area contributed by atoms with Crippen LogP contribution in [-0.4, -0.2) is 10.2 Å². The maximum atomic E-state index is 5.63. The summed E-state index contributed by atoms with van der Waals surface area (Å²) in [7, 11) is 0. The van der Waals surface area contributed by atoms with Crippen molar-refractivity contribution in [3.63, 3.8) is 0 Å².